The van der Waals surface area contributed by atoms with Crippen molar-refractivity contribution in [1.82, 2.24) is 0 Å². The van der Waals surface area contributed by atoms with Gasteiger partial charge in [-0.1, -0.05) is 22.0 Å². The molecule has 7 nitrogen and oxygen atoms in total. The number of esters is 1. The summed E-state index contributed by atoms with van der Waals surface area (Å²) in [5.74, 6) is 0.0247. The quantitative estimate of drug-likeness (QED) is 0.255. The molecule has 1 aromatic carbocycles. The number of hydrogen-bond acceptors (Lipinski definition) is 7. The predicted octanol–water partition coefficient (Wildman–Crippen LogP) is 4.66. The van der Waals surface area contributed by atoms with Crippen LogP contribution < -0.4 is 9.47 Å². The number of benzene rings is 1. The monoisotopic (exact) mass is 514 g/mol. The average Bonchev–Trinajstić information content (AvgIpc) is 3.09. The van der Waals surface area contributed by atoms with E-state index < -0.39 is 29.1 Å². The zero-order valence-electron chi connectivity index (χ0n) is 20.1. The van der Waals surface area contributed by atoms with Crippen molar-refractivity contribution >= 4 is 21.9 Å². The Morgan fingerprint density at radius 3 is 2.25 bits per heavy atom. The fraction of sp³-hybridized carbons (Fsp3) is 0.625. The largest absolute Gasteiger partial charge is 0.497 e. The maximum absolute atomic E-state index is 12.9. The third-order valence-corrected chi connectivity index (χ3v) is 6.49. The molecule has 0 spiro atoms. The van der Waals surface area contributed by atoms with Crippen LogP contribution >= 0.6 is 15.9 Å². The fourth-order valence-electron chi connectivity index (χ4n) is 3.08. The van der Waals surface area contributed by atoms with Crippen molar-refractivity contribution in [2.75, 3.05) is 20.8 Å². The number of ether oxygens (including phenoxy) is 6. The van der Waals surface area contributed by atoms with Crippen molar-refractivity contribution in [1.29, 1.82) is 0 Å². The third-order valence-electron chi connectivity index (χ3n) is 5.38. The van der Waals surface area contributed by atoms with Gasteiger partial charge in [0.25, 0.3) is 0 Å². The average molecular weight is 515 g/mol. The van der Waals surface area contributed by atoms with E-state index in [4.69, 9.17) is 28.4 Å². The number of rotatable bonds is 10. The lowest BCUT2D eigenvalue weighted by Crippen LogP contribution is -2.54. The SMILES string of the molecule is COC(=O)[C@H](OC(C)(C)C(C)Br)[C@](C)(C=C[C@@H]1COC(C)(C)O1)Oc1ccc(OC)cc1. The van der Waals surface area contributed by atoms with Crippen LogP contribution in [0.25, 0.3) is 0 Å². The Balaban J connectivity index is 2.43. The molecule has 1 unspecified atom stereocenters. The smallest absolute Gasteiger partial charge is 0.339 e. The Morgan fingerprint density at radius 1 is 1.19 bits per heavy atom. The van der Waals surface area contributed by atoms with Crippen molar-refractivity contribution in [3.05, 3.63) is 36.4 Å². The Kier molecular flexibility index (Phi) is 8.78. The first-order valence-electron chi connectivity index (χ1n) is 10.6. The topological polar surface area (TPSA) is 72.5 Å². The summed E-state index contributed by atoms with van der Waals surface area (Å²) in [6, 6.07) is 7.12. The van der Waals surface area contributed by atoms with Crippen LogP contribution in [0.1, 0.15) is 41.5 Å². The molecule has 0 aromatic heterocycles. The second kappa shape index (κ2) is 10.5. The molecule has 1 fully saturated rings. The summed E-state index contributed by atoms with van der Waals surface area (Å²) in [5.41, 5.74) is -1.90. The van der Waals surface area contributed by atoms with Crippen molar-refractivity contribution in [2.24, 2.45) is 0 Å². The summed E-state index contributed by atoms with van der Waals surface area (Å²) in [5, 5.41) is 0. The van der Waals surface area contributed by atoms with E-state index in [1.807, 2.05) is 40.7 Å². The minimum absolute atomic E-state index is 0.0382. The van der Waals surface area contributed by atoms with Crippen LogP contribution in [-0.4, -0.2) is 60.8 Å². The maximum atomic E-state index is 12.9. The van der Waals surface area contributed by atoms with Crippen LogP contribution in [-0.2, 0) is 23.7 Å². The van der Waals surface area contributed by atoms with Crippen molar-refractivity contribution in [3.63, 3.8) is 0 Å². The summed E-state index contributed by atoms with van der Waals surface area (Å²) in [6.07, 6.45) is 2.27. The molecule has 0 amide bonds. The lowest BCUT2D eigenvalue weighted by Gasteiger charge is -2.39. The number of methoxy groups -OCH3 is 2. The van der Waals surface area contributed by atoms with E-state index in [2.05, 4.69) is 15.9 Å². The molecule has 0 N–H and O–H groups in total. The molecule has 1 heterocycles. The summed E-state index contributed by atoms with van der Waals surface area (Å²) in [7, 11) is 2.93. The highest BCUT2D eigenvalue weighted by atomic mass is 79.9. The van der Waals surface area contributed by atoms with Crippen molar-refractivity contribution < 1.29 is 33.2 Å². The second-order valence-electron chi connectivity index (χ2n) is 8.93. The molecule has 2 rings (SSSR count). The van der Waals surface area contributed by atoms with Gasteiger partial charge >= 0.3 is 5.97 Å². The Labute approximate surface area is 199 Å². The first-order chi connectivity index (χ1) is 14.8. The third kappa shape index (κ3) is 6.94. The molecule has 32 heavy (non-hydrogen) atoms. The minimum Gasteiger partial charge on any atom is -0.497 e. The molecule has 1 aliphatic heterocycles. The zero-order valence-corrected chi connectivity index (χ0v) is 21.7. The van der Waals surface area contributed by atoms with E-state index in [-0.39, 0.29) is 10.9 Å². The zero-order chi connectivity index (χ0) is 24.2. The first-order valence-corrected chi connectivity index (χ1v) is 11.5. The lowest BCUT2D eigenvalue weighted by molar-refractivity contribution is -0.182. The lowest BCUT2D eigenvalue weighted by atomic mass is 9.95. The maximum Gasteiger partial charge on any atom is 0.339 e. The van der Waals surface area contributed by atoms with Gasteiger partial charge in [0.2, 0.25) is 0 Å². The van der Waals surface area contributed by atoms with E-state index >= 15 is 0 Å². The molecule has 1 aromatic rings. The van der Waals surface area contributed by atoms with Crippen LogP contribution in [0.3, 0.4) is 0 Å². The highest BCUT2D eigenvalue weighted by Gasteiger charge is 2.46. The molecule has 8 heteroatoms. The van der Waals surface area contributed by atoms with Crippen LogP contribution in [0.15, 0.2) is 36.4 Å². The molecule has 1 aliphatic rings. The first kappa shape index (κ1) is 26.6. The molecule has 0 aliphatic carbocycles. The summed E-state index contributed by atoms with van der Waals surface area (Å²) in [4.78, 5) is 12.9. The summed E-state index contributed by atoms with van der Waals surface area (Å²) >= 11 is 3.56. The molecular weight excluding hydrogens is 480 g/mol. The predicted molar refractivity (Wildman–Crippen MR) is 125 cm³/mol. The van der Waals surface area contributed by atoms with Gasteiger partial charge in [-0.3, -0.25) is 0 Å². The van der Waals surface area contributed by atoms with E-state index in [0.717, 1.165) is 0 Å². The number of hydrogen-bond donors (Lipinski definition) is 0. The molecule has 4 atom stereocenters. The van der Waals surface area contributed by atoms with E-state index in [1.54, 1.807) is 44.4 Å². The van der Waals surface area contributed by atoms with Gasteiger partial charge in [-0.2, -0.15) is 0 Å². The van der Waals surface area contributed by atoms with E-state index in [1.165, 1.54) is 7.11 Å². The molecule has 0 radical (unpaired) electrons. The highest BCUT2D eigenvalue weighted by molar-refractivity contribution is 9.09. The number of alkyl halides is 1. The minimum atomic E-state index is -1.21. The van der Waals surface area contributed by atoms with Crippen molar-refractivity contribution in [2.45, 2.75) is 75.6 Å². The van der Waals surface area contributed by atoms with Crippen LogP contribution in [0.2, 0.25) is 0 Å². The summed E-state index contributed by atoms with van der Waals surface area (Å²) in [6.45, 7) is 11.6. The number of halogens is 1. The van der Waals surface area contributed by atoms with Gasteiger partial charge in [0.05, 0.1) is 26.4 Å². The van der Waals surface area contributed by atoms with Gasteiger partial charge < -0.3 is 28.4 Å². The van der Waals surface area contributed by atoms with E-state index in [9.17, 15) is 4.79 Å². The normalized spacial score (nSPS) is 22.2. The van der Waals surface area contributed by atoms with Gasteiger partial charge in [-0.25, -0.2) is 4.79 Å². The molecular formula is C24H35BrO7. The molecule has 0 bridgehead atoms. The second-order valence-corrected chi connectivity index (χ2v) is 10.3. The van der Waals surface area contributed by atoms with E-state index in [0.29, 0.717) is 18.1 Å². The number of carbonyl (C=O) groups is 1. The summed E-state index contributed by atoms with van der Waals surface area (Å²) < 4.78 is 34.5. The van der Waals surface area contributed by atoms with Gasteiger partial charge in [0, 0.05) is 4.83 Å². The Morgan fingerprint density at radius 2 is 1.78 bits per heavy atom. The van der Waals surface area contributed by atoms with Crippen molar-refractivity contribution in [3.8, 4) is 11.5 Å². The standard InChI is InChI=1S/C24H35BrO7/c1-16(25)22(2,3)32-20(21(26)28-8)24(6,14-13-19-15-29-23(4,5)30-19)31-18-11-9-17(27-7)10-12-18/h9-14,16,19-20H,15H2,1-8H3/t16?,19-,20+,24+/m1/s1. The Hall–Kier alpha value is -1.61. The van der Waals surface area contributed by atoms with Crippen LogP contribution in [0, 0.1) is 0 Å². The fourth-order valence-corrected chi connectivity index (χ4v) is 3.19. The molecule has 0 saturated carbocycles. The van der Waals surface area contributed by atoms with Crippen LogP contribution in [0.5, 0.6) is 11.5 Å². The van der Waals surface area contributed by atoms with Gasteiger partial charge in [-0.05, 0) is 71.9 Å². The number of carbonyl (C=O) groups excluding carboxylic acids is 1. The van der Waals surface area contributed by atoms with Gasteiger partial charge in [-0.15, -0.1) is 0 Å². The van der Waals surface area contributed by atoms with Gasteiger partial charge in [0.15, 0.2) is 17.5 Å². The Bertz CT molecular complexity index is 788. The highest BCUT2D eigenvalue weighted by Crippen LogP contribution is 2.33. The molecule has 1 saturated heterocycles. The van der Waals surface area contributed by atoms with Crippen LogP contribution in [0.4, 0.5) is 0 Å². The molecule has 180 valence electrons. The van der Waals surface area contributed by atoms with Gasteiger partial charge in [0.1, 0.15) is 17.6 Å².